The standard InChI is InChI=1S/C20H25NOS/c1-5-15-17-7-8-18(23-21-11-9-13(3)10-12-21)16(6-2)19(17)14(4)20(15)22/h6-8,13,15H,2,4-5,9-12H2,1,3H3. The van der Waals surface area contributed by atoms with Gasteiger partial charge in [-0.3, -0.25) is 4.79 Å². The summed E-state index contributed by atoms with van der Waals surface area (Å²) in [4.78, 5) is 13.6. The smallest absolute Gasteiger partial charge is 0.170 e. The van der Waals surface area contributed by atoms with E-state index in [2.05, 4.69) is 43.4 Å². The quantitative estimate of drug-likeness (QED) is 0.563. The molecule has 0 spiro atoms. The molecule has 3 heteroatoms. The van der Waals surface area contributed by atoms with Crippen molar-refractivity contribution < 1.29 is 4.79 Å². The minimum atomic E-state index is -0.0221. The van der Waals surface area contributed by atoms with E-state index in [1.807, 2.05) is 6.08 Å². The third-order valence-corrected chi connectivity index (χ3v) is 6.29. The molecule has 1 aliphatic heterocycles. The van der Waals surface area contributed by atoms with Crippen molar-refractivity contribution in [1.82, 2.24) is 4.31 Å². The van der Waals surface area contributed by atoms with Crippen LogP contribution in [0, 0.1) is 5.92 Å². The molecule has 23 heavy (non-hydrogen) atoms. The maximum absolute atomic E-state index is 12.4. The molecule has 0 saturated carbocycles. The molecule has 1 heterocycles. The Hall–Kier alpha value is -1.32. The van der Waals surface area contributed by atoms with Gasteiger partial charge in [-0.2, -0.15) is 0 Å². The predicted octanol–water partition coefficient (Wildman–Crippen LogP) is 5.16. The van der Waals surface area contributed by atoms with Crippen LogP contribution in [0.4, 0.5) is 0 Å². The van der Waals surface area contributed by atoms with Gasteiger partial charge < -0.3 is 0 Å². The second kappa shape index (κ2) is 6.66. The van der Waals surface area contributed by atoms with Crippen molar-refractivity contribution in [1.29, 1.82) is 0 Å². The second-order valence-corrected chi connectivity index (χ2v) is 7.79. The van der Waals surface area contributed by atoms with E-state index in [4.69, 9.17) is 0 Å². The van der Waals surface area contributed by atoms with Crippen molar-refractivity contribution in [2.24, 2.45) is 5.92 Å². The largest absolute Gasteiger partial charge is 0.293 e. The second-order valence-electron chi connectivity index (χ2n) is 6.65. The Morgan fingerprint density at radius 2 is 2.04 bits per heavy atom. The molecule has 1 atom stereocenters. The van der Waals surface area contributed by atoms with Crippen LogP contribution in [0.15, 0.2) is 30.2 Å². The number of carbonyl (C=O) groups is 1. The lowest BCUT2D eigenvalue weighted by atomic mass is 9.96. The van der Waals surface area contributed by atoms with Crippen LogP contribution in [0.1, 0.15) is 55.7 Å². The van der Waals surface area contributed by atoms with Crippen LogP contribution >= 0.6 is 11.9 Å². The Bertz CT molecular complexity index is 656. The molecular formula is C20H25NOS. The first-order chi connectivity index (χ1) is 11.1. The zero-order chi connectivity index (χ0) is 16.6. The highest BCUT2D eigenvalue weighted by molar-refractivity contribution is 7.97. The first kappa shape index (κ1) is 16.5. The third kappa shape index (κ3) is 2.92. The highest BCUT2D eigenvalue weighted by atomic mass is 32.2. The maximum Gasteiger partial charge on any atom is 0.170 e. The van der Waals surface area contributed by atoms with Crippen molar-refractivity contribution in [2.45, 2.75) is 43.9 Å². The van der Waals surface area contributed by atoms with E-state index in [-0.39, 0.29) is 11.7 Å². The van der Waals surface area contributed by atoms with E-state index in [1.54, 1.807) is 11.9 Å². The average molecular weight is 327 g/mol. The molecule has 2 aliphatic rings. The van der Waals surface area contributed by atoms with Gasteiger partial charge in [0.2, 0.25) is 0 Å². The van der Waals surface area contributed by atoms with Gasteiger partial charge in [-0.1, -0.05) is 39.1 Å². The summed E-state index contributed by atoms with van der Waals surface area (Å²) < 4.78 is 2.44. The van der Waals surface area contributed by atoms with E-state index in [0.29, 0.717) is 5.57 Å². The molecule has 122 valence electrons. The molecule has 3 rings (SSSR count). The Labute approximate surface area is 143 Å². The molecule has 1 saturated heterocycles. The summed E-state index contributed by atoms with van der Waals surface area (Å²) in [5, 5.41) is 0. The lowest BCUT2D eigenvalue weighted by Crippen LogP contribution is -2.27. The Morgan fingerprint density at radius 1 is 1.35 bits per heavy atom. The molecule has 1 fully saturated rings. The van der Waals surface area contributed by atoms with Gasteiger partial charge in [-0.05, 0) is 59.9 Å². The van der Waals surface area contributed by atoms with Crippen molar-refractivity contribution in [3.05, 3.63) is 42.0 Å². The van der Waals surface area contributed by atoms with Crippen molar-refractivity contribution >= 4 is 29.4 Å². The van der Waals surface area contributed by atoms with Crippen LogP contribution in [0.5, 0.6) is 0 Å². The Kier molecular flexibility index (Phi) is 4.79. The summed E-state index contributed by atoms with van der Waals surface area (Å²) in [5.41, 5.74) is 3.91. The molecule has 1 aromatic rings. The van der Waals surface area contributed by atoms with E-state index in [1.165, 1.54) is 17.7 Å². The molecule has 0 bridgehead atoms. The Morgan fingerprint density at radius 3 is 2.65 bits per heavy atom. The molecule has 1 unspecified atom stereocenters. The van der Waals surface area contributed by atoms with Crippen molar-refractivity contribution in [3.63, 3.8) is 0 Å². The number of carbonyl (C=O) groups excluding carboxylic acids is 1. The summed E-state index contributed by atoms with van der Waals surface area (Å²) >= 11 is 1.81. The fraction of sp³-hybridized carbons (Fsp3) is 0.450. The number of allylic oxidation sites excluding steroid dienone is 1. The summed E-state index contributed by atoms with van der Waals surface area (Å²) in [6, 6.07) is 4.29. The lowest BCUT2D eigenvalue weighted by Gasteiger charge is -2.29. The van der Waals surface area contributed by atoms with Crippen molar-refractivity contribution in [2.75, 3.05) is 13.1 Å². The third-order valence-electron chi connectivity index (χ3n) is 5.11. The zero-order valence-corrected chi connectivity index (χ0v) is 14.9. The maximum atomic E-state index is 12.4. The lowest BCUT2D eigenvalue weighted by molar-refractivity contribution is -0.114. The first-order valence-electron chi connectivity index (χ1n) is 8.52. The summed E-state index contributed by atoms with van der Waals surface area (Å²) in [6.45, 7) is 14.7. The van der Waals surface area contributed by atoms with Crippen molar-refractivity contribution in [3.8, 4) is 0 Å². The summed E-state index contributed by atoms with van der Waals surface area (Å²) in [6.07, 6.45) is 5.23. The number of hydrogen-bond acceptors (Lipinski definition) is 3. The fourth-order valence-corrected chi connectivity index (χ4v) is 4.71. The number of rotatable bonds is 4. The van der Waals surface area contributed by atoms with Gasteiger partial charge >= 0.3 is 0 Å². The predicted molar refractivity (Wildman–Crippen MR) is 99.4 cm³/mol. The van der Waals surface area contributed by atoms with E-state index in [0.717, 1.165) is 42.1 Å². The minimum absolute atomic E-state index is 0.0221. The number of ketones is 1. The normalized spacial score (nSPS) is 22.4. The summed E-state index contributed by atoms with van der Waals surface area (Å²) in [5.74, 6) is 0.985. The summed E-state index contributed by atoms with van der Waals surface area (Å²) in [7, 11) is 0. The molecule has 0 aromatic heterocycles. The van der Waals surface area contributed by atoms with Crippen LogP contribution in [0.25, 0.3) is 11.6 Å². The van der Waals surface area contributed by atoms with E-state index in [9.17, 15) is 4.79 Å². The Balaban J connectivity index is 1.93. The van der Waals surface area contributed by atoms with Gasteiger partial charge in [-0.15, -0.1) is 0 Å². The molecular weight excluding hydrogens is 302 g/mol. The molecule has 0 radical (unpaired) electrons. The average Bonchev–Trinajstić information content (AvgIpc) is 2.81. The number of piperidine rings is 1. The van der Waals surface area contributed by atoms with Gasteiger partial charge in [0.15, 0.2) is 5.78 Å². The molecule has 0 amide bonds. The van der Waals surface area contributed by atoms with E-state index >= 15 is 0 Å². The van der Waals surface area contributed by atoms with E-state index < -0.39 is 0 Å². The highest BCUT2D eigenvalue weighted by Crippen LogP contribution is 2.44. The first-order valence-corrected chi connectivity index (χ1v) is 9.29. The van der Waals surface area contributed by atoms with Crippen LogP contribution in [0.2, 0.25) is 0 Å². The number of hydrogen-bond donors (Lipinski definition) is 0. The van der Waals surface area contributed by atoms with Crippen LogP contribution < -0.4 is 0 Å². The molecule has 2 nitrogen and oxygen atoms in total. The number of Topliss-reactive ketones (excluding diaryl/α,β-unsaturated/α-hetero) is 1. The van der Waals surface area contributed by atoms with Gasteiger partial charge in [0.1, 0.15) is 0 Å². The zero-order valence-electron chi connectivity index (χ0n) is 14.1. The fourth-order valence-electron chi connectivity index (χ4n) is 3.62. The highest BCUT2D eigenvalue weighted by Gasteiger charge is 2.34. The van der Waals surface area contributed by atoms with Gasteiger partial charge in [-0.25, -0.2) is 4.31 Å². The molecule has 0 N–H and O–H groups in total. The topological polar surface area (TPSA) is 20.3 Å². The number of benzene rings is 1. The van der Waals surface area contributed by atoms with Crippen LogP contribution in [0.3, 0.4) is 0 Å². The SMILES string of the molecule is C=Cc1c(SN2CCC(C)CC2)ccc2c1C(=C)C(=O)C2CC. The van der Waals surface area contributed by atoms with Gasteiger partial charge in [0, 0.05) is 29.5 Å². The monoisotopic (exact) mass is 327 g/mol. The van der Waals surface area contributed by atoms with Gasteiger partial charge in [0.25, 0.3) is 0 Å². The number of nitrogens with zero attached hydrogens (tertiary/aromatic N) is 1. The van der Waals surface area contributed by atoms with Crippen LogP contribution in [-0.4, -0.2) is 23.2 Å². The van der Waals surface area contributed by atoms with Crippen LogP contribution in [-0.2, 0) is 4.79 Å². The molecule has 1 aliphatic carbocycles. The molecule has 1 aromatic carbocycles. The number of fused-ring (bicyclic) bond motifs is 1. The van der Waals surface area contributed by atoms with Gasteiger partial charge in [0.05, 0.1) is 0 Å². The minimum Gasteiger partial charge on any atom is -0.293 e.